The summed E-state index contributed by atoms with van der Waals surface area (Å²) in [6.45, 7) is 6.37. The highest BCUT2D eigenvalue weighted by Gasteiger charge is 2.29. The summed E-state index contributed by atoms with van der Waals surface area (Å²) in [5.74, 6) is 0.587. The monoisotopic (exact) mass is 311 g/mol. The van der Waals surface area contributed by atoms with Gasteiger partial charge in [-0.05, 0) is 49.9 Å². The van der Waals surface area contributed by atoms with Crippen LogP contribution >= 0.6 is 12.4 Å². The third kappa shape index (κ3) is 4.99. The predicted molar refractivity (Wildman–Crippen MR) is 89.9 cm³/mol. The van der Waals surface area contributed by atoms with Crippen LogP contribution in [0.25, 0.3) is 0 Å². The van der Waals surface area contributed by atoms with Gasteiger partial charge < -0.3 is 11.1 Å². The van der Waals surface area contributed by atoms with Crippen LogP contribution in [0.5, 0.6) is 0 Å². The first-order valence-corrected chi connectivity index (χ1v) is 7.45. The first-order chi connectivity index (χ1) is 9.62. The number of carbonyl (C=O) groups is 1. The van der Waals surface area contributed by atoms with Crippen molar-refractivity contribution < 1.29 is 4.79 Å². The van der Waals surface area contributed by atoms with Gasteiger partial charge in [0.1, 0.15) is 0 Å². The maximum absolute atomic E-state index is 12.1. The Balaban J connectivity index is 0.00000220. The molecule has 1 amide bonds. The molecule has 3 N–H and O–H groups in total. The van der Waals surface area contributed by atoms with E-state index in [4.69, 9.17) is 5.73 Å². The molecule has 21 heavy (non-hydrogen) atoms. The number of likely N-dealkylation sites (tertiary alicyclic amines) is 1. The number of nitrogens with zero attached hydrogens (tertiary/aromatic N) is 1. The molecule has 1 aliphatic rings. The lowest BCUT2D eigenvalue weighted by atomic mass is 10.1. The standard InChI is InChI=1S/C16H25N3O.ClH/c1-3-13-5-4-6-15(8-13)18-16(20)11-19-10-14(9-17)7-12(19)2;/h4-6,8,12,14H,3,7,9-11,17H2,1-2H3,(H,18,20);1H. The topological polar surface area (TPSA) is 58.4 Å². The van der Waals surface area contributed by atoms with E-state index in [1.165, 1.54) is 5.56 Å². The number of nitrogens with two attached hydrogens (primary N) is 1. The quantitative estimate of drug-likeness (QED) is 0.877. The van der Waals surface area contributed by atoms with Crippen LogP contribution in [0.3, 0.4) is 0 Å². The van der Waals surface area contributed by atoms with Crippen LogP contribution < -0.4 is 11.1 Å². The van der Waals surface area contributed by atoms with Crippen molar-refractivity contribution in [3.8, 4) is 0 Å². The Morgan fingerprint density at radius 3 is 2.86 bits per heavy atom. The average Bonchev–Trinajstić information content (AvgIpc) is 2.79. The second-order valence-corrected chi connectivity index (χ2v) is 5.72. The Hall–Kier alpha value is -1.10. The van der Waals surface area contributed by atoms with Gasteiger partial charge in [-0.3, -0.25) is 9.69 Å². The minimum Gasteiger partial charge on any atom is -0.330 e. The molecular weight excluding hydrogens is 286 g/mol. The number of rotatable bonds is 5. The highest BCUT2D eigenvalue weighted by atomic mass is 35.5. The zero-order valence-corrected chi connectivity index (χ0v) is 13.7. The van der Waals surface area contributed by atoms with E-state index < -0.39 is 0 Å². The summed E-state index contributed by atoms with van der Waals surface area (Å²) in [4.78, 5) is 14.3. The summed E-state index contributed by atoms with van der Waals surface area (Å²) < 4.78 is 0. The second kappa shape index (κ2) is 8.37. The zero-order chi connectivity index (χ0) is 14.5. The molecule has 0 aromatic heterocycles. The highest BCUT2D eigenvalue weighted by molar-refractivity contribution is 5.92. The largest absolute Gasteiger partial charge is 0.330 e. The van der Waals surface area contributed by atoms with Gasteiger partial charge in [0.2, 0.25) is 5.91 Å². The minimum absolute atomic E-state index is 0. The van der Waals surface area contributed by atoms with Gasteiger partial charge >= 0.3 is 0 Å². The van der Waals surface area contributed by atoms with Gasteiger partial charge in [0.25, 0.3) is 0 Å². The molecule has 4 nitrogen and oxygen atoms in total. The van der Waals surface area contributed by atoms with Crippen molar-refractivity contribution >= 4 is 24.0 Å². The molecule has 1 aliphatic heterocycles. The Kier molecular flexibility index (Phi) is 7.15. The van der Waals surface area contributed by atoms with Crippen molar-refractivity contribution in [3.63, 3.8) is 0 Å². The Morgan fingerprint density at radius 1 is 1.48 bits per heavy atom. The molecule has 2 atom stereocenters. The number of aryl methyl sites for hydroxylation is 1. The first kappa shape index (κ1) is 18.0. The molecule has 1 saturated heterocycles. The SMILES string of the molecule is CCc1cccc(NC(=O)CN2CC(CN)CC2C)c1.Cl. The third-order valence-electron chi connectivity index (χ3n) is 4.09. The highest BCUT2D eigenvalue weighted by Crippen LogP contribution is 2.21. The van der Waals surface area contributed by atoms with Crippen molar-refractivity contribution in [1.29, 1.82) is 0 Å². The van der Waals surface area contributed by atoms with E-state index in [9.17, 15) is 4.79 Å². The molecule has 0 saturated carbocycles. The lowest BCUT2D eigenvalue weighted by molar-refractivity contribution is -0.117. The van der Waals surface area contributed by atoms with Crippen molar-refractivity contribution in [3.05, 3.63) is 29.8 Å². The van der Waals surface area contributed by atoms with Crippen LogP contribution in [0.4, 0.5) is 5.69 Å². The van der Waals surface area contributed by atoms with Crippen LogP contribution in [-0.2, 0) is 11.2 Å². The van der Waals surface area contributed by atoms with E-state index in [0.29, 0.717) is 25.0 Å². The summed E-state index contributed by atoms with van der Waals surface area (Å²) in [5, 5.41) is 2.99. The first-order valence-electron chi connectivity index (χ1n) is 7.45. The molecule has 2 unspecified atom stereocenters. The number of benzene rings is 1. The molecular formula is C16H26ClN3O. The van der Waals surface area contributed by atoms with Gasteiger partial charge in [-0.15, -0.1) is 12.4 Å². The molecule has 0 radical (unpaired) electrons. The van der Waals surface area contributed by atoms with E-state index in [1.54, 1.807) is 0 Å². The molecule has 1 heterocycles. The van der Waals surface area contributed by atoms with E-state index in [0.717, 1.165) is 25.1 Å². The van der Waals surface area contributed by atoms with Gasteiger partial charge in [0.15, 0.2) is 0 Å². The van der Waals surface area contributed by atoms with E-state index in [-0.39, 0.29) is 18.3 Å². The smallest absolute Gasteiger partial charge is 0.238 e. The van der Waals surface area contributed by atoms with E-state index in [1.807, 2.05) is 18.2 Å². The fraction of sp³-hybridized carbons (Fsp3) is 0.562. The zero-order valence-electron chi connectivity index (χ0n) is 12.8. The van der Waals surface area contributed by atoms with Crippen LogP contribution in [-0.4, -0.2) is 36.5 Å². The Labute approximate surface area is 133 Å². The lowest BCUT2D eigenvalue weighted by Crippen LogP contribution is -2.36. The van der Waals surface area contributed by atoms with Crippen molar-refractivity contribution in [2.24, 2.45) is 11.7 Å². The number of amides is 1. The number of carbonyl (C=O) groups excluding carboxylic acids is 1. The second-order valence-electron chi connectivity index (χ2n) is 5.72. The van der Waals surface area contributed by atoms with Gasteiger partial charge in [-0.25, -0.2) is 0 Å². The molecule has 0 spiro atoms. The van der Waals surface area contributed by atoms with Crippen LogP contribution in [0.1, 0.15) is 25.8 Å². The molecule has 1 aromatic rings. The molecule has 5 heteroatoms. The number of halogens is 1. The van der Waals surface area contributed by atoms with Crippen LogP contribution in [0.15, 0.2) is 24.3 Å². The van der Waals surface area contributed by atoms with Crippen molar-refractivity contribution in [1.82, 2.24) is 4.90 Å². The Morgan fingerprint density at radius 2 is 2.24 bits per heavy atom. The van der Waals surface area contributed by atoms with Gasteiger partial charge in [-0.2, -0.15) is 0 Å². The lowest BCUT2D eigenvalue weighted by Gasteiger charge is -2.20. The summed E-state index contributed by atoms with van der Waals surface area (Å²) >= 11 is 0. The number of hydrogen-bond donors (Lipinski definition) is 2. The minimum atomic E-state index is 0. The predicted octanol–water partition coefficient (Wildman–Crippen LogP) is 2.28. The van der Waals surface area contributed by atoms with E-state index in [2.05, 4.69) is 30.1 Å². The van der Waals surface area contributed by atoms with E-state index >= 15 is 0 Å². The fourth-order valence-electron chi connectivity index (χ4n) is 2.86. The number of nitrogens with one attached hydrogen (secondary N) is 1. The molecule has 2 rings (SSSR count). The summed E-state index contributed by atoms with van der Waals surface area (Å²) in [5.41, 5.74) is 7.84. The fourth-order valence-corrected chi connectivity index (χ4v) is 2.86. The van der Waals surface area contributed by atoms with Gasteiger partial charge in [0, 0.05) is 18.3 Å². The van der Waals surface area contributed by atoms with Crippen molar-refractivity contribution in [2.45, 2.75) is 32.7 Å². The molecule has 118 valence electrons. The number of hydrogen-bond acceptors (Lipinski definition) is 3. The molecule has 1 fully saturated rings. The molecule has 0 bridgehead atoms. The number of anilines is 1. The maximum Gasteiger partial charge on any atom is 0.238 e. The summed E-state index contributed by atoms with van der Waals surface area (Å²) in [6.07, 6.45) is 2.07. The summed E-state index contributed by atoms with van der Waals surface area (Å²) in [6, 6.07) is 8.47. The summed E-state index contributed by atoms with van der Waals surface area (Å²) in [7, 11) is 0. The third-order valence-corrected chi connectivity index (χ3v) is 4.09. The molecule has 1 aromatic carbocycles. The molecule has 0 aliphatic carbocycles. The van der Waals surface area contributed by atoms with Crippen molar-refractivity contribution in [2.75, 3.05) is 25.0 Å². The van der Waals surface area contributed by atoms with Crippen LogP contribution in [0.2, 0.25) is 0 Å². The Bertz CT molecular complexity index is 467. The van der Waals surface area contributed by atoms with Crippen LogP contribution in [0, 0.1) is 5.92 Å². The van der Waals surface area contributed by atoms with Gasteiger partial charge in [0.05, 0.1) is 6.54 Å². The normalized spacial score (nSPS) is 21.9. The van der Waals surface area contributed by atoms with Gasteiger partial charge in [-0.1, -0.05) is 19.1 Å². The maximum atomic E-state index is 12.1. The average molecular weight is 312 g/mol.